The van der Waals surface area contributed by atoms with Crippen LogP contribution >= 0.6 is 23.1 Å². The number of amides is 1. The molecule has 2 aromatic carbocycles. The highest BCUT2D eigenvalue weighted by molar-refractivity contribution is 8.01. The van der Waals surface area contributed by atoms with Crippen LogP contribution in [0.2, 0.25) is 0 Å². The molecule has 0 aliphatic carbocycles. The Balaban J connectivity index is 1.77. The quantitative estimate of drug-likeness (QED) is 0.230. The van der Waals surface area contributed by atoms with Crippen LogP contribution in [0, 0.1) is 0 Å². The van der Waals surface area contributed by atoms with Gasteiger partial charge in [-0.2, -0.15) is 0 Å². The summed E-state index contributed by atoms with van der Waals surface area (Å²) in [6.45, 7) is 1.81. The molecule has 13 heteroatoms. The van der Waals surface area contributed by atoms with E-state index in [1.165, 1.54) is 19.2 Å². The molecule has 0 fully saturated rings. The van der Waals surface area contributed by atoms with E-state index < -0.39 is 28.4 Å². The number of carbonyl (C=O) groups is 2. The van der Waals surface area contributed by atoms with Gasteiger partial charge in [0.1, 0.15) is 12.3 Å². The fraction of sp³-hybridized carbons (Fsp3) is 0.238. The minimum atomic E-state index is -4.06. The Morgan fingerprint density at radius 1 is 1.09 bits per heavy atom. The van der Waals surface area contributed by atoms with Crippen LogP contribution in [0.1, 0.15) is 6.92 Å². The Hall–Kier alpha value is -3.16. The molecule has 0 aliphatic heterocycles. The van der Waals surface area contributed by atoms with Crippen molar-refractivity contribution in [3.63, 3.8) is 0 Å². The predicted molar refractivity (Wildman–Crippen MR) is 130 cm³/mol. The molecule has 0 spiro atoms. The zero-order chi connectivity index (χ0) is 24.6. The Kier molecular flexibility index (Phi) is 8.85. The number of thioether (sulfide) groups is 1. The lowest BCUT2D eigenvalue weighted by atomic mass is 10.3. The molecule has 0 radical (unpaired) electrons. The van der Waals surface area contributed by atoms with Crippen LogP contribution in [-0.2, 0) is 24.3 Å². The molecule has 1 aromatic heterocycles. The van der Waals surface area contributed by atoms with Crippen molar-refractivity contribution in [2.24, 2.45) is 0 Å². The summed E-state index contributed by atoms with van der Waals surface area (Å²) < 4.78 is 38.2. The lowest BCUT2D eigenvalue weighted by Gasteiger charge is -2.24. The number of anilines is 2. The van der Waals surface area contributed by atoms with Gasteiger partial charge in [-0.3, -0.25) is 19.2 Å². The first-order valence-corrected chi connectivity index (χ1v) is 13.2. The van der Waals surface area contributed by atoms with Gasteiger partial charge in [-0.05, 0) is 43.3 Å². The number of para-hydroxylation sites is 1. The maximum Gasteiger partial charge on any atom is 0.316 e. The van der Waals surface area contributed by atoms with Crippen LogP contribution in [-0.4, -0.2) is 56.5 Å². The number of sulfonamides is 1. The van der Waals surface area contributed by atoms with E-state index in [9.17, 15) is 18.0 Å². The van der Waals surface area contributed by atoms with Crippen molar-refractivity contribution in [2.45, 2.75) is 16.2 Å². The van der Waals surface area contributed by atoms with Gasteiger partial charge in [-0.15, -0.1) is 10.2 Å². The third-order valence-corrected chi connectivity index (χ3v) is 7.98. The lowest BCUT2D eigenvalue weighted by Crippen LogP contribution is -2.38. The van der Waals surface area contributed by atoms with Crippen LogP contribution in [0.25, 0.3) is 0 Å². The second kappa shape index (κ2) is 11.8. The minimum absolute atomic E-state index is 0.0185. The summed E-state index contributed by atoms with van der Waals surface area (Å²) in [5, 5.41) is 10.5. The molecule has 0 bridgehead atoms. The zero-order valence-corrected chi connectivity index (χ0v) is 20.8. The van der Waals surface area contributed by atoms with Gasteiger partial charge in [-0.25, -0.2) is 8.42 Å². The Bertz CT molecular complexity index is 1220. The van der Waals surface area contributed by atoms with E-state index in [0.29, 0.717) is 22.4 Å². The molecule has 1 amide bonds. The van der Waals surface area contributed by atoms with Crippen molar-refractivity contribution in [1.82, 2.24) is 10.2 Å². The Morgan fingerprint density at radius 2 is 1.79 bits per heavy atom. The van der Waals surface area contributed by atoms with Gasteiger partial charge in [0.05, 0.1) is 30.1 Å². The second-order valence-corrected chi connectivity index (χ2v) is 10.6. The van der Waals surface area contributed by atoms with Crippen molar-refractivity contribution in [3.05, 3.63) is 54.6 Å². The van der Waals surface area contributed by atoms with E-state index in [-0.39, 0.29) is 15.8 Å². The summed E-state index contributed by atoms with van der Waals surface area (Å²) in [7, 11) is -2.77. The number of hydrogen-bond donors (Lipinski definition) is 1. The molecular weight excluding hydrogens is 500 g/mol. The fourth-order valence-corrected chi connectivity index (χ4v) is 5.72. The Labute approximate surface area is 205 Å². The number of ether oxygens (including phenoxy) is 2. The lowest BCUT2D eigenvalue weighted by molar-refractivity contribution is -0.137. The number of esters is 1. The van der Waals surface area contributed by atoms with Gasteiger partial charge in [0.15, 0.2) is 4.34 Å². The first-order valence-electron chi connectivity index (χ1n) is 9.97. The SMILES string of the molecule is CCOc1ccc(S(=O)(=O)N(CC(=O)Nc2nnc(SCC(=O)OC)s2)c2ccccc2)cc1. The molecule has 180 valence electrons. The van der Waals surface area contributed by atoms with Crippen LogP contribution in [0.4, 0.5) is 10.8 Å². The van der Waals surface area contributed by atoms with Crippen molar-refractivity contribution in [2.75, 3.05) is 35.6 Å². The second-order valence-electron chi connectivity index (χ2n) is 6.54. The molecular formula is C21H22N4O6S3. The number of nitrogens with zero attached hydrogens (tertiary/aromatic N) is 3. The fourth-order valence-electron chi connectivity index (χ4n) is 2.70. The highest BCUT2D eigenvalue weighted by atomic mass is 32.2. The molecule has 0 aliphatic rings. The standard InChI is InChI=1S/C21H22N4O6S3/c1-3-31-16-9-11-17(12-10-16)34(28,29)25(15-7-5-4-6-8-15)13-18(26)22-20-23-24-21(33-20)32-14-19(27)30-2/h4-12H,3,13-14H2,1-2H3,(H,22,23,26). The number of aromatic nitrogens is 2. The highest BCUT2D eigenvalue weighted by Crippen LogP contribution is 2.27. The normalized spacial score (nSPS) is 11.0. The maximum absolute atomic E-state index is 13.4. The number of methoxy groups -OCH3 is 1. The van der Waals surface area contributed by atoms with E-state index >= 15 is 0 Å². The van der Waals surface area contributed by atoms with Gasteiger partial charge in [0, 0.05) is 0 Å². The average Bonchev–Trinajstić information content (AvgIpc) is 3.29. The summed E-state index contributed by atoms with van der Waals surface area (Å²) in [5.41, 5.74) is 0.332. The zero-order valence-electron chi connectivity index (χ0n) is 18.3. The predicted octanol–water partition coefficient (Wildman–Crippen LogP) is 3.04. The van der Waals surface area contributed by atoms with Crippen molar-refractivity contribution >= 4 is 55.8 Å². The molecule has 0 unspecified atom stereocenters. The van der Waals surface area contributed by atoms with Crippen LogP contribution in [0.15, 0.2) is 63.8 Å². The highest BCUT2D eigenvalue weighted by Gasteiger charge is 2.27. The van der Waals surface area contributed by atoms with E-state index in [1.54, 1.807) is 42.5 Å². The summed E-state index contributed by atoms with van der Waals surface area (Å²) in [4.78, 5) is 24.0. The Morgan fingerprint density at radius 3 is 2.44 bits per heavy atom. The summed E-state index contributed by atoms with van der Waals surface area (Å²) in [6.07, 6.45) is 0. The number of hydrogen-bond acceptors (Lipinski definition) is 10. The number of rotatable bonds is 11. The van der Waals surface area contributed by atoms with Gasteiger partial charge in [0.2, 0.25) is 11.0 Å². The molecule has 0 saturated carbocycles. The van der Waals surface area contributed by atoms with E-state index in [4.69, 9.17) is 4.74 Å². The van der Waals surface area contributed by atoms with Crippen molar-refractivity contribution in [3.8, 4) is 5.75 Å². The number of nitrogens with one attached hydrogen (secondary N) is 1. The van der Waals surface area contributed by atoms with E-state index in [0.717, 1.165) is 27.4 Å². The smallest absolute Gasteiger partial charge is 0.316 e. The molecule has 3 aromatic rings. The van der Waals surface area contributed by atoms with Crippen molar-refractivity contribution < 1.29 is 27.5 Å². The topological polar surface area (TPSA) is 128 Å². The monoisotopic (exact) mass is 522 g/mol. The molecule has 3 rings (SSSR count). The van der Waals surface area contributed by atoms with E-state index in [1.807, 2.05) is 6.92 Å². The number of carbonyl (C=O) groups excluding carboxylic acids is 2. The van der Waals surface area contributed by atoms with E-state index in [2.05, 4.69) is 20.3 Å². The summed E-state index contributed by atoms with van der Waals surface area (Å²) >= 11 is 2.19. The summed E-state index contributed by atoms with van der Waals surface area (Å²) in [6, 6.07) is 14.3. The largest absolute Gasteiger partial charge is 0.494 e. The van der Waals surface area contributed by atoms with Gasteiger partial charge >= 0.3 is 5.97 Å². The summed E-state index contributed by atoms with van der Waals surface area (Å²) in [5.74, 6) is -0.410. The average molecular weight is 523 g/mol. The molecule has 0 saturated heterocycles. The third-order valence-electron chi connectivity index (χ3n) is 4.25. The maximum atomic E-state index is 13.4. The van der Waals surface area contributed by atoms with Gasteiger partial charge in [-0.1, -0.05) is 41.3 Å². The third kappa shape index (κ3) is 6.68. The minimum Gasteiger partial charge on any atom is -0.494 e. The van der Waals surface area contributed by atoms with Gasteiger partial charge in [0.25, 0.3) is 10.0 Å². The molecule has 1 heterocycles. The number of benzene rings is 2. The first-order chi connectivity index (χ1) is 16.3. The molecule has 0 atom stereocenters. The molecule has 34 heavy (non-hydrogen) atoms. The first kappa shape index (κ1) is 25.5. The van der Waals surface area contributed by atoms with Crippen molar-refractivity contribution in [1.29, 1.82) is 0 Å². The molecule has 1 N–H and O–H groups in total. The van der Waals surface area contributed by atoms with Crippen LogP contribution < -0.4 is 14.4 Å². The molecule has 10 nitrogen and oxygen atoms in total. The van der Waals surface area contributed by atoms with Gasteiger partial charge < -0.3 is 9.47 Å². The van der Waals surface area contributed by atoms with Crippen LogP contribution in [0.5, 0.6) is 5.75 Å². The van der Waals surface area contributed by atoms with Crippen LogP contribution in [0.3, 0.4) is 0 Å².